The Labute approximate surface area is 98.5 Å². The number of anilines is 2. The van der Waals surface area contributed by atoms with Crippen LogP contribution in [0.5, 0.6) is 0 Å². The first kappa shape index (κ1) is 11.0. The van der Waals surface area contributed by atoms with E-state index in [0.717, 1.165) is 0 Å². The summed E-state index contributed by atoms with van der Waals surface area (Å²) >= 11 is 0. The minimum absolute atomic E-state index is 0.121. The second-order valence-corrected chi connectivity index (χ2v) is 3.63. The van der Waals surface area contributed by atoms with Gasteiger partial charge in [0.2, 0.25) is 0 Å². The van der Waals surface area contributed by atoms with Crippen molar-refractivity contribution < 1.29 is 9.90 Å². The minimum Gasteiger partial charge on any atom is -0.478 e. The molecule has 0 atom stereocenters. The summed E-state index contributed by atoms with van der Waals surface area (Å²) in [4.78, 5) is 11.1. The molecular formula is C13H11N2O2. The highest BCUT2D eigenvalue weighted by molar-refractivity contribution is 5.99. The smallest absolute Gasteiger partial charge is 0.336 e. The number of aromatic carboxylic acids is 1. The van der Waals surface area contributed by atoms with Crippen LogP contribution in [0.2, 0.25) is 0 Å². The highest BCUT2D eigenvalue weighted by Gasteiger charge is 2.14. The van der Waals surface area contributed by atoms with Crippen LogP contribution < -0.4 is 11.5 Å². The van der Waals surface area contributed by atoms with Gasteiger partial charge in [0.1, 0.15) is 0 Å². The van der Waals surface area contributed by atoms with Crippen LogP contribution in [0.25, 0.3) is 11.1 Å². The van der Waals surface area contributed by atoms with E-state index in [0.29, 0.717) is 22.5 Å². The lowest BCUT2D eigenvalue weighted by molar-refractivity contribution is 0.0698. The molecule has 0 spiro atoms. The lowest BCUT2D eigenvalue weighted by Gasteiger charge is -2.09. The van der Waals surface area contributed by atoms with Crippen molar-refractivity contribution in [3.05, 3.63) is 48.0 Å². The molecule has 2 aromatic carbocycles. The second kappa shape index (κ2) is 4.17. The van der Waals surface area contributed by atoms with Gasteiger partial charge in [-0.3, -0.25) is 0 Å². The largest absolute Gasteiger partial charge is 0.478 e. The first-order chi connectivity index (χ1) is 8.09. The molecule has 0 amide bonds. The maximum atomic E-state index is 11.1. The average Bonchev–Trinajstić information content (AvgIpc) is 2.28. The topological polar surface area (TPSA) is 89.3 Å². The Kier molecular flexibility index (Phi) is 2.70. The Balaban J connectivity index is 2.70. The van der Waals surface area contributed by atoms with Gasteiger partial charge in [0.15, 0.2) is 0 Å². The fourth-order valence-electron chi connectivity index (χ4n) is 1.70. The Morgan fingerprint density at radius 1 is 1.24 bits per heavy atom. The highest BCUT2D eigenvalue weighted by atomic mass is 16.4. The van der Waals surface area contributed by atoms with Gasteiger partial charge >= 0.3 is 5.97 Å². The number of nitrogens with two attached hydrogens (primary N) is 2. The van der Waals surface area contributed by atoms with E-state index < -0.39 is 5.97 Å². The summed E-state index contributed by atoms with van der Waals surface area (Å²) in [5.41, 5.74) is 13.7. The van der Waals surface area contributed by atoms with Crippen LogP contribution in [-0.4, -0.2) is 11.1 Å². The van der Waals surface area contributed by atoms with Crippen LogP contribution in [0.1, 0.15) is 10.4 Å². The molecule has 0 aliphatic heterocycles. The molecule has 2 rings (SSSR count). The van der Waals surface area contributed by atoms with Crippen LogP contribution in [0.4, 0.5) is 11.4 Å². The quantitative estimate of drug-likeness (QED) is 0.684. The van der Waals surface area contributed by atoms with Gasteiger partial charge in [0.25, 0.3) is 0 Å². The van der Waals surface area contributed by atoms with E-state index in [1.807, 2.05) is 0 Å². The lowest BCUT2D eigenvalue weighted by atomic mass is 9.97. The van der Waals surface area contributed by atoms with Crippen molar-refractivity contribution in [2.75, 3.05) is 11.5 Å². The van der Waals surface area contributed by atoms with Gasteiger partial charge in [-0.15, -0.1) is 0 Å². The predicted molar refractivity (Wildman–Crippen MR) is 66.5 cm³/mol. The van der Waals surface area contributed by atoms with E-state index in [9.17, 15) is 4.79 Å². The number of nitrogen functional groups attached to an aromatic ring is 2. The summed E-state index contributed by atoms with van der Waals surface area (Å²) in [6.07, 6.45) is 0. The molecule has 0 aromatic heterocycles. The van der Waals surface area contributed by atoms with Crippen molar-refractivity contribution >= 4 is 17.3 Å². The second-order valence-electron chi connectivity index (χ2n) is 3.63. The third-order valence-corrected chi connectivity index (χ3v) is 2.43. The molecule has 85 valence electrons. The van der Waals surface area contributed by atoms with Crippen molar-refractivity contribution in [2.45, 2.75) is 0 Å². The van der Waals surface area contributed by atoms with Crippen LogP contribution in [0.3, 0.4) is 0 Å². The molecule has 0 bridgehead atoms. The molecule has 0 saturated heterocycles. The van der Waals surface area contributed by atoms with Gasteiger partial charge in [0.05, 0.1) is 5.56 Å². The average molecular weight is 227 g/mol. The van der Waals surface area contributed by atoms with E-state index in [2.05, 4.69) is 6.07 Å². The summed E-state index contributed by atoms with van der Waals surface area (Å²) < 4.78 is 0. The first-order valence-electron chi connectivity index (χ1n) is 4.98. The fraction of sp³-hybridized carbons (Fsp3) is 0. The molecule has 2 aromatic rings. The standard InChI is InChI=1S/C13H11N2O2/c14-9-4-1-3-8(7-9)12-10(13(16)17)5-2-6-11(12)15/h1,3-7H,14-15H2,(H,16,17). The van der Waals surface area contributed by atoms with E-state index in [-0.39, 0.29) is 5.56 Å². The zero-order valence-corrected chi connectivity index (χ0v) is 8.97. The van der Waals surface area contributed by atoms with Crippen molar-refractivity contribution in [1.29, 1.82) is 0 Å². The first-order valence-corrected chi connectivity index (χ1v) is 4.98. The van der Waals surface area contributed by atoms with Crippen molar-refractivity contribution in [1.82, 2.24) is 0 Å². The number of carboxylic acids is 1. The molecule has 0 heterocycles. The van der Waals surface area contributed by atoms with E-state index in [1.54, 1.807) is 30.3 Å². The summed E-state index contributed by atoms with van der Waals surface area (Å²) in [6, 6.07) is 12.6. The summed E-state index contributed by atoms with van der Waals surface area (Å²) in [5, 5.41) is 9.11. The number of rotatable bonds is 2. The summed E-state index contributed by atoms with van der Waals surface area (Å²) in [7, 11) is 0. The van der Waals surface area contributed by atoms with Crippen LogP contribution in [0.15, 0.2) is 36.4 Å². The Hall–Kier alpha value is -2.49. The Bertz CT molecular complexity index is 579. The van der Waals surface area contributed by atoms with Crippen molar-refractivity contribution in [3.63, 3.8) is 0 Å². The van der Waals surface area contributed by atoms with Crippen molar-refractivity contribution in [3.8, 4) is 11.1 Å². The van der Waals surface area contributed by atoms with Gasteiger partial charge in [-0.1, -0.05) is 12.1 Å². The predicted octanol–water partition coefficient (Wildman–Crippen LogP) is 2.02. The van der Waals surface area contributed by atoms with Gasteiger partial charge in [-0.05, 0) is 35.9 Å². The van der Waals surface area contributed by atoms with Gasteiger partial charge in [-0.2, -0.15) is 0 Å². The van der Waals surface area contributed by atoms with Gasteiger partial charge < -0.3 is 16.6 Å². The molecule has 4 nitrogen and oxygen atoms in total. The molecule has 17 heavy (non-hydrogen) atoms. The SMILES string of the molecule is Nc1cccc(-c2c(N)c[c]cc2C(=O)O)c1. The zero-order chi connectivity index (χ0) is 12.4. The normalized spacial score (nSPS) is 10.1. The van der Waals surface area contributed by atoms with Crippen LogP contribution in [-0.2, 0) is 0 Å². The third-order valence-electron chi connectivity index (χ3n) is 2.43. The molecule has 0 unspecified atom stereocenters. The maximum Gasteiger partial charge on any atom is 0.336 e. The molecule has 0 fully saturated rings. The molecular weight excluding hydrogens is 216 g/mol. The number of carbonyl (C=O) groups is 1. The van der Waals surface area contributed by atoms with Crippen LogP contribution in [0, 0.1) is 6.07 Å². The monoisotopic (exact) mass is 227 g/mol. The lowest BCUT2D eigenvalue weighted by Crippen LogP contribution is -2.03. The fourth-order valence-corrected chi connectivity index (χ4v) is 1.70. The molecule has 5 N–H and O–H groups in total. The Morgan fingerprint density at radius 2 is 2.00 bits per heavy atom. The number of carboxylic acid groups (broad SMARTS) is 1. The number of hydrogen-bond acceptors (Lipinski definition) is 3. The van der Waals surface area contributed by atoms with Gasteiger partial charge in [-0.25, -0.2) is 4.79 Å². The number of benzene rings is 2. The molecule has 0 aliphatic carbocycles. The van der Waals surface area contributed by atoms with E-state index in [4.69, 9.17) is 16.6 Å². The van der Waals surface area contributed by atoms with E-state index in [1.165, 1.54) is 6.07 Å². The van der Waals surface area contributed by atoms with Crippen molar-refractivity contribution in [2.24, 2.45) is 0 Å². The molecule has 0 saturated carbocycles. The molecule has 1 radical (unpaired) electrons. The summed E-state index contributed by atoms with van der Waals surface area (Å²) in [6.45, 7) is 0. The minimum atomic E-state index is -1.04. The number of hydrogen-bond donors (Lipinski definition) is 3. The maximum absolute atomic E-state index is 11.1. The van der Waals surface area contributed by atoms with Crippen LogP contribution >= 0.6 is 0 Å². The van der Waals surface area contributed by atoms with Gasteiger partial charge in [0, 0.05) is 16.9 Å². The highest BCUT2D eigenvalue weighted by Crippen LogP contribution is 2.30. The summed E-state index contributed by atoms with van der Waals surface area (Å²) in [5.74, 6) is -1.04. The van der Waals surface area contributed by atoms with E-state index >= 15 is 0 Å². The zero-order valence-electron chi connectivity index (χ0n) is 8.97. The Morgan fingerprint density at radius 3 is 2.65 bits per heavy atom. The molecule has 0 aliphatic rings. The molecule has 4 heteroatoms. The third kappa shape index (κ3) is 2.06.